The van der Waals surface area contributed by atoms with E-state index in [9.17, 15) is 0 Å². The van der Waals surface area contributed by atoms with Crippen LogP contribution in [0.5, 0.6) is 0 Å². The highest BCUT2D eigenvalue weighted by Gasteiger charge is 2.25. The van der Waals surface area contributed by atoms with Crippen LogP contribution in [0.2, 0.25) is 0 Å². The molecule has 0 saturated carbocycles. The fraction of sp³-hybridized carbons (Fsp3) is 0.458. The number of fused-ring (bicyclic) bond motifs is 1. The summed E-state index contributed by atoms with van der Waals surface area (Å²) >= 11 is 0. The molecule has 1 aliphatic heterocycles. The average molecular weight is 362 g/mol. The molecule has 4 rings (SSSR count). The van der Waals surface area contributed by atoms with Gasteiger partial charge in [-0.05, 0) is 100 Å². The van der Waals surface area contributed by atoms with Crippen LogP contribution in [-0.2, 0) is 6.54 Å². The fourth-order valence-electron chi connectivity index (χ4n) is 4.57. The van der Waals surface area contributed by atoms with E-state index in [-0.39, 0.29) is 0 Å². The molecule has 1 aliphatic rings. The lowest BCUT2D eigenvalue weighted by molar-refractivity contribution is 0.249. The summed E-state index contributed by atoms with van der Waals surface area (Å²) in [5.74, 6) is 1.20. The van der Waals surface area contributed by atoms with Crippen molar-refractivity contribution in [3.8, 4) is 0 Å². The van der Waals surface area contributed by atoms with E-state index in [4.69, 9.17) is 4.98 Å². The van der Waals surface area contributed by atoms with Crippen LogP contribution in [0.15, 0.2) is 30.3 Å². The van der Waals surface area contributed by atoms with Crippen LogP contribution in [-0.4, -0.2) is 27.5 Å². The number of aromatic nitrogens is 2. The molecule has 1 saturated heterocycles. The van der Waals surface area contributed by atoms with Crippen LogP contribution in [0, 0.1) is 27.7 Å². The molecule has 0 amide bonds. The van der Waals surface area contributed by atoms with Gasteiger partial charge in [0.15, 0.2) is 0 Å². The molecule has 1 aromatic heterocycles. The molecule has 0 aliphatic carbocycles. The molecule has 1 unspecified atom stereocenters. The summed E-state index contributed by atoms with van der Waals surface area (Å²) < 4.78 is 2.46. The highest BCUT2D eigenvalue weighted by molar-refractivity contribution is 5.76. The second-order valence-electron chi connectivity index (χ2n) is 8.20. The Hall–Kier alpha value is -2.13. The molecule has 0 bridgehead atoms. The number of hydrogen-bond donors (Lipinski definition) is 0. The number of para-hydroxylation sites is 2. The molecule has 3 heteroatoms. The predicted octanol–water partition coefficient (Wildman–Crippen LogP) is 5.48. The molecule has 1 atom stereocenters. The van der Waals surface area contributed by atoms with Crippen molar-refractivity contribution in [2.75, 3.05) is 13.1 Å². The number of benzene rings is 2. The zero-order chi connectivity index (χ0) is 19.1. The van der Waals surface area contributed by atoms with E-state index in [0.717, 1.165) is 12.1 Å². The third-order valence-electron chi connectivity index (χ3n) is 6.58. The molecule has 2 aromatic carbocycles. The zero-order valence-electron chi connectivity index (χ0n) is 17.3. The molecular weight excluding hydrogens is 330 g/mol. The second kappa shape index (κ2) is 7.12. The molecule has 1 fully saturated rings. The summed E-state index contributed by atoms with van der Waals surface area (Å²) in [6.07, 6.45) is 2.61. The molecule has 2 heterocycles. The van der Waals surface area contributed by atoms with Gasteiger partial charge in [-0.3, -0.25) is 4.90 Å². The minimum Gasteiger partial charge on any atom is -0.322 e. The number of hydrogen-bond acceptors (Lipinski definition) is 2. The topological polar surface area (TPSA) is 21.1 Å². The van der Waals surface area contributed by atoms with Crippen molar-refractivity contribution in [3.63, 3.8) is 0 Å². The summed E-state index contributed by atoms with van der Waals surface area (Å²) in [7, 11) is 0. The summed E-state index contributed by atoms with van der Waals surface area (Å²) in [6.45, 7) is 14.6. The predicted molar refractivity (Wildman–Crippen MR) is 113 cm³/mol. The van der Waals surface area contributed by atoms with Gasteiger partial charge in [-0.15, -0.1) is 0 Å². The Bertz CT molecular complexity index is 951. The van der Waals surface area contributed by atoms with Crippen molar-refractivity contribution in [2.45, 2.75) is 60.0 Å². The molecule has 27 heavy (non-hydrogen) atoms. The molecule has 3 aromatic rings. The first-order chi connectivity index (χ1) is 13.0. The Kier molecular flexibility index (Phi) is 4.81. The third-order valence-corrected chi connectivity index (χ3v) is 6.58. The summed E-state index contributed by atoms with van der Waals surface area (Å²) in [5.41, 5.74) is 9.39. The number of aryl methyl sites for hydroxylation is 2. The van der Waals surface area contributed by atoms with Gasteiger partial charge in [0, 0.05) is 6.54 Å². The molecular formula is C24H31N3. The summed E-state index contributed by atoms with van der Waals surface area (Å²) in [5, 5.41) is 0. The van der Waals surface area contributed by atoms with Gasteiger partial charge in [0.05, 0.1) is 17.1 Å². The van der Waals surface area contributed by atoms with E-state index in [1.807, 2.05) is 0 Å². The van der Waals surface area contributed by atoms with Crippen molar-refractivity contribution in [1.82, 2.24) is 14.5 Å². The number of imidazole rings is 1. The molecule has 0 spiro atoms. The lowest BCUT2D eigenvalue weighted by Crippen LogP contribution is -2.26. The van der Waals surface area contributed by atoms with Crippen LogP contribution in [0.1, 0.15) is 59.4 Å². The van der Waals surface area contributed by atoms with Crippen molar-refractivity contribution in [1.29, 1.82) is 0 Å². The van der Waals surface area contributed by atoms with Gasteiger partial charge in [-0.1, -0.05) is 18.2 Å². The number of rotatable bonds is 4. The van der Waals surface area contributed by atoms with Gasteiger partial charge in [0.25, 0.3) is 0 Å². The third kappa shape index (κ3) is 3.19. The van der Waals surface area contributed by atoms with Gasteiger partial charge in [-0.25, -0.2) is 4.98 Å². The van der Waals surface area contributed by atoms with Crippen LogP contribution >= 0.6 is 0 Å². The Morgan fingerprint density at radius 1 is 0.963 bits per heavy atom. The number of nitrogens with zero attached hydrogens (tertiary/aromatic N) is 3. The summed E-state index contributed by atoms with van der Waals surface area (Å²) in [6, 6.07) is 11.3. The largest absolute Gasteiger partial charge is 0.322 e. The van der Waals surface area contributed by atoms with E-state index < -0.39 is 0 Å². The van der Waals surface area contributed by atoms with Crippen LogP contribution in [0.3, 0.4) is 0 Å². The molecule has 0 N–H and O–H groups in total. The van der Waals surface area contributed by atoms with Crippen LogP contribution < -0.4 is 0 Å². The first kappa shape index (κ1) is 18.2. The molecule has 142 valence electrons. The fourth-order valence-corrected chi connectivity index (χ4v) is 4.57. The maximum atomic E-state index is 5.08. The van der Waals surface area contributed by atoms with Gasteiger partial charge in [-0.2, -0.15) is 0 Å². The quantitative estimate of drug-likeness (QED) is 0.614. The van der Waals surface area contributed by atoms with Crippen LogP contribution in [0.4, 0.5) is 0 Å². The van der Waals surface area contributed by atoms with Crippen molar-refractivity contribution in [3.05, 3.63) is 64.0 Å². The lowest BCUT2D eigenvalue weighted by atomic mass is 9.94. The minimum atomic E-state index is 0.353. The normalized spacial score (nSPS) is 16.3. The highest BCUT2D eigenvalue weighted by atomic mass is 15.2. The van der Waals surface area contributed by atoms with E-state index in [2.05, 4.69) is 74.4 Å². The van der Waals surface area contributed by atoms with Crippen molar-refractivity contribution in [2.24, 2.45) is 0 Å². The standard InChI is InChI=1S/C24H31N3/c1-16-14-17(2)19(4)21(18(16)3)15-27-23-11-7-6-10-22(23)25-24(27)20(5)26-12-8-9-13-26/h6-7,10-11,14,20H,8-9,12-13,15H2,1-5H3. The smallest absolute Gasteiger partial charge is 0.127 e. The monoisotopic (exact) mass is 361 g/mol. The maximum absolute atomic E-state index is 5.08. The lowest BCUT2D eigenvalue weighted by Gasteiger charge is -2.25. The van der Waals surface area contributed by atoms with Crippen LogP contribution in [0.25, 0.3) is 11.0 Å². The van der Waals surface area contributed by atoms with Gasteiger partial charge >= 0.3 is 0 Å². The zero-order valence-corrected chi connectivity index (χ0v) is 17.3. The van der Waals surface area contributed by atoms with Gasteiger partial charge in [0.2, 0.25) is 0 Å². The second-order valence-corrected chi connectivity index (χ2v) is 8.20. The Morgan fingerprint density at radius 2 is 1.59 bits per heavy atom. The van der Waals surface area contributed by atoms with Gasteiger partial charge in [0.1, 0.15) is 5.82 Å². The maximum Gasteiger partial charge on any atom is 0.127 e. The van der Waals surface area contributed by atoms with E-state index in [1.165, 1.54) is 65.1 Å². The highest BCUT2D eigenvalue weighted by Crippen LogP contribution is 2.30. The Morgan fingerprint density at radius 3 is 2.26 bits per heavy atom. The Balaban J connectivity index is 1.85. The van der Waals surface area contributed by atoms with E-state index >= 15 is 0 Å². The average Bonchev–Trinajstić information content (AvgIpc) is 3.31. The van der Waals surface area contributed by atoms with Gasteiger partial charge < -0.3 is 4.57 Å². The van der Waals surface area contributed by atoms with E-state index in [0.29, 0.717) is 6.04 Å². The SMILES string of the molecule is Cc1cc(C)c(C)c(Cn2c(C(C)N3CCCC3)nc3ccccc32)c1C. The van der Waals surface area contributed by atoms with Crippen molar-refractivity contribution >= 4 is 11.0 Å². The molecule has 3 nitrogen and oxygen atoms in total. The Labute approximate surface area is 163 Å². The van der Waals surface area contributed by atoms with E-state index in [1.54, 1.807) is 0 Å². The number of likely N-dealkylation sites (tertiary alicyclic amines) is 1. The minimum absolute atomic E-state index is 0.353. The van der Waals surface area contributed by atoms with Crippen molar-refractivity contribution < 1.29 is 0 Å². The molecule has 0 radical (unpaired) electrons. The summed E-state index contributed by atoms with van der Waals surface area (Å²) in [4.78, 5) is 7.66. The first-order valence-corrected chi connectivity index (χ1v) is 10.2. The first-order valence-electron chi connectivity index (χ1n) is 10.2.